The summed E-state index contributed by atoms with van der Waals surface area (Å²) < 4.78 is 2.31. The van der Waals surface area contributed by atoms with E-state index in [9.17, 15) is 0 Å². The lowest BCUT2D eigenvalue weighted by Gasteiger charge is -2.22. The lowest BCUT2D eigenvalue weighted by Crippen LogP contribution is -2.32. The van der Waals surface area contributed by atoms with E-state index in [1.165, 1.54) is 11.9 Å². The van der Waals surface area contributed by atoms with Crippen molar-refractivity contribution >= 4 is 16.6 Å². The van der Waals surface area contributed by atoms with Crippen LogP contribution < -0.4 is 5.73 Å². The molecule has 0 aliphatic carbocycles. The van der Waals surface area contributed by atoms with Crippen LogP contribution in [0.5, 0.6) is 0 Å². The van der Waals surface area contributed by atoms with Crippen molar-refractivity contribution in [3.05, 3.63) is 30.5 Å². The number of rotatable bonds is 8. The van der Waals surface area contributed by atoms with E-state index in [1.54, 1.807) is 0 Å². The molecular formula is C17H28N4. The maximum absolute atomic E-state index is 6.01. The van der Waals surface area contributed by atoms with Crippen LogP contribution in [0.25, 0.3) is 10.9 Å². The van der Waals surface area contributed by atoms with Crippen molar-refractivity contribution in [2.75, 3.05) is 46.0 Å². The number of anilines is 1. The number of aryl methyl sites for hydroxylation is 1. The lowest BCUT2D eigenvalue weighted by molar-refractivity contribution is 0.245. The minimum absolute atomic E-state index is 0.868. The van der Waals surface area contributed by atoms with E-state index in [4.69, 9.17) is 5.73 Å². The highest BCUT2D eigenvalue weighted by molar-refractivity contribution is 5.91. The third-order valence-electron chi connectivity index (χ3n) is 4.03. The Morgan fingerprint density at radius 3 is 2.62 bits per heavy atom. The minimum atomic E-state index is 0.868. The summed E-state index contributed by atoms with van der Waals surface area (Å²) in [4.78, 5) is 4.75. The van der Waals surface area contributed by atoms with Gasteiger partial charge in [0.1, 0.15) is 0 Å². The Labute approximate surface area is 128 Å². The van der Waals surface area contributed by atoms with E-state index >= 15 is 0 Å². The zero-order valence-electron chi connectivity index (χ0n) is 13.5. The Hall–Kier alpha value is -1.52. The second-order valence-electron chi connectivity index (χ2n) is 5.88. The Bertz CT molecular complexity index is 559. The van der Waals surface area contributed by atoms with Gasteiger partial charge in [-0.3, -0.25) is 0 Å². The fourth-order valence-electron chi connectivity index (χ4n) is 2.68. The van der Waals surface area contributed by atoms with Gasteiger partial charge < -0.3 is 20.1 Å². The summed E-state index contributed by atoms with van der Waals surface area (Å²) in [5.41, 5.74) is 8.12. The van der Waals surface area contributed by atoms with Crippen LogP contribution in [0.15, 0.2) is 30.5 Å². The Kier molecular flexibility index (Phi) is 5.65. The molecule has 1 heterocycles. The quantitative estimate of drug-likeness (QED) is 0.758. The summed E-state index contributed by atoms with van der Waals surface area (Å²) in [7, 11) is 4.26. The molecule has 2 rings (SSSR count). The first kappa shape index (κ1) is 15.9. The van der Waals surface area contributed by atoms with E-state index in [0.29, 0.717) is 0 Å². The van der Waals surface area contributed by atoms with Crippen LogP contribution in [0.3, 0.4) is 0 Å². The molecule has 116 valence electrons. The van der Waals surface area contributed by atoms with Crippen molar-refractivity contribution in [3.8, 4) is 0 Å². The molecule has 2 aromatic rings. The average Bonchev–Trinajstić information content (AvgIpc) is 2.87. The van der Waals surface area contributed by atoms with Gasteiger partial charge in [-0.2, -0.15) is 0 Å². The summed E-state index contributed by atoms with van der Waals surface area (Å²) in [5.74, 6) is 0. The third-order valence-corrected chi connectivity index (χ3v) is 4.03. The van der Waals surface area contributed by atoms with E-state index in [0.717, 1.165) is 43.8 Å². The summed E-state index contributed by atoms with van der Waals surface area (Å²) in [6.07, 6.45) is 3.32. The topological polar surface area (TPSA) is 37.4 Å². The Balaban J connectivity index is 1.88. The van der Waals surface area contributed by atoms with Crippen molar-refractivity contribution in [2.24, 2.45) is 0 Å². The molecule has 0 unspecified atom stereocenters. The number of hydrogen-bond acceptors (Lipinski definition) is 3. The van der Waals surface area contributed by atoms with E-state index in [1.807, 2.05) is 12.1 Å². The first-order valence-electron chi connectivity index (χ1n) is 7.82. The SMILES string of the molecule is CCN(CCCn1ccc2c(N)cccc21)CCN(C)C. The van der Waals surface area contributed by atoms with Crippen molar-refractivity contribution in [1.29, 1.82) is 0 Å². The Morgan fingerprint density at radius 2 is 1.90 bits per heavy atom. The summed E-state index contributed by atoms with van der Waals surface area (Å²) in [6.45, 7) is 7.81. The number of nitrogens with two attached hydrogens (primary N) is 1. The molecule has 0 atom stereocenters. The second-order valence-corrected chi connectivity index (χ2v) is 5.88. The highest BCUT2D eigenvalue weighted by Gasteiger charge is 2.05. The van der Waals surface area contributed by atoms with Crippen LogP contribution in [0.2, 0.25) is 0 Å². The maximum Gasteiger partial charge on any atom is 0.0501 e. The molecule has 1 aromatic heterocycles. The highest BCUT2D eigenvalue weighted by Crippen LogP contribution is 2.22. The number of nitrogens with zero attached hydrogens (tertiary/aromatic N) is 3. The van der Waals surface area contributed by atoms with Gasteiger partial charge in [0.2, 0.25) is 0 Å². The second kappa shape index (κ2) is 7.48. The van der Waals surface area contributed by atoms with Crippen molar-refractivity contribution in [3.63, 3.8) is 0 Å². The smallest absolute Gasteiger partial charge is 0.0501 e. The van der Waals surface area contributed by atoms with Crippen molar-refractivity contribution in [2.45, 2.75) is 19.9 Å². The maximum atomic E-state index is 6.01. The molecular weight excluding hydrogens is 260 g/mol. The Morgan fingerprint density at radius 1 is 1.10 bits per heavy atom. The average molecular weight is 288 g/mol. The van der Waals surface area contributed by atoms with Gasteiger partial charge in [0.05, 0.1) is 5.52 Å². The third kappa shape index (κ3) is 4.22. The van der Waals surface area contributed by atoms with Gasteiger partial charge in [0, 0.05) is 36.9 Å². The van der Waals surface area contributed by atoms with Crippen LogP contribution in [-0.2, 0) is 6.54 Å². The predicted molar refractivity (Wildman–Crippen MR) is 91.6 cm³/mol. The van der Waals surface area contributed by atoms with Gasteiger partial charge in [-0.15, -0.1) is 0 Å². The van der Waals surface area contributed by atoms with Crippen LogP contribution in [0.1, 0.15) is 13.3 Å². The molecule has 0 aliphatic heterocycles. The number of aromatic nitrogens is 1. The molecule has 0 bridgehead atoms. The van der Waals surface area contributed by atoms with Crippen LogP contribution in [-0.4, -0.2) is 54.6 Å². The molecule has 0 fully saturated rings. The van der Waals surface area contributed by atoms with Crippen LogP contribution in [0, 0.1) is 0 Å². The largest absolute Gasteiger partial charge is 0.398 e. The molecule has 2 N–H and O–H groups in total. The molecule has 4 heteroatoms. The van der Waals surface area contributed by atoms with E-state index in [2.05, 4.69) is 53.7 Å². The standard InChI is InChI=1S/C17H28N4/c1-4-20(14-13-19(2)3)10-6-11-21-12-9-15-16(18)7-5-8-17(15)21/h5,7-9,12H,4,6,10-11,13-14,18H2,1-3H3. The highest BCUT2D eigenvalue weighted by atomic mass is 15.2. The predicted octanol–water partition coefficient (Wildman–Crippen LogP) is 2.50. The fourth-order valence-corrected chi connectivity index (χ4v) is 2.68. The van der Waals surface area contributed by atoms with E-state index < -0.39 is 0 Å². The summed E-state index contributed by atoms with van der Waals surface area (Å²) in [5, 5.41) is 1.16. The van der Waals surface area contributed by atoms with Crippen LogP contribution >= 0.6 is 0 Å². The van der Waals surface area contributed by atoms with E-state index in [-0.39, 0.29) is 0 Å². The first-order chi connectivity index (χ1) is 10.1. The normalized spacial score (nSPS) is 11.9. The van der Waals surface area contributed by atoms with Crippen molar-refractivity contribution < 1.29 is 0 Å². The van der Waals surface area contributed by atoms with Gasteiger partial charge in [-0.1, -0.05) is 13.0 Å². The number of nitrogen functional groups attached to an aromatic ring is 1. The number of hydrogen-bond donors (Lipinski definition) is 1. The monoisotopic (exact) mass is 288 g/mol. The molecule has 4 nitrogen and oxygen atoms in total. The number of likely N-dealkylation sites (N-methyl/N-ethyl adjacent to an activating group) is 2. The molecule has 21 heavy (non-hydrogen) atoms. The van der Waals surface area contributed by atoms with Gasteiger partial charge in [-0.05, 0) is 51.8 Å². The molecule has 1 aromatic carbocycles. The van der Waals surface area contributed by atoms with Gasteiger partial charge in [0.25, 0.3) is 0 Å². The van der Waals surface area contributed by atoms with Crippen LogP contribution in [0.4, 0.5) is 5.69 Å². The number of benzene rings is 1. The number of fused-ring (bicyclic) bond motifs is 1. The molecule has 0 spiro atoms. The van der Waals surface area contributed by atoms with Gasteiger partial charge in [0.15, 0.2) is 0 Å². The van der Waals surface area contributed by atoms with Gasteiger partial charge >= 0.3 is 0 Å². The van der Waals surface area contributed by atoms with Crippen molar-refractivity contribution in [1.82, 2.24) is 14.4 Å². The minimum Gasteiger partial charge on any atom is -0.398 e. The van der Waals surface area contributed by atoms with Gasteiger partial charge in [-0.25, -0.2) is 0 Å². The lowest BCUT2D eigenvalue weighted by atomic mass is 10.2. The first-order valence-corrected chi connectivity index (χ1v) is 7.82. The zero-order valence-corrected chi connectivity index (χ0v) is 13.5. The molecule has 0 amide bonds. The fraction of sp³-hybridized carbons (Fsp3) is 0.529. The molecule has 0 saturated heterocycles. The molecule has 0 saturated carbocycles. The molecule has 0 radical (unpaired) electrons. The molecule has 0 aliphatic rings. The summed E-state index contributed by atoms with van der Waals surface area (Å²) in [6, 6.07) is 8.26. The zero-order chi connectivity index (χ0) is 15.2. The summed E-state index contributed by atoms with van der Waals surface area (Å²) >= 11 is 0.